The molecule has 4 heteroatoms. The van der Waals surface area contributed by atoms with E-state index in [2.05, 4.69) is 4.99 Å². The van der Waals surface area contributed by atoms with Gasteiger partial charge < -0.3 is 15.1 Å². The van der Waals surface area contributed by atoms with Crippen LogP contribution in [0.4, 0.5) is 0 Å². The Labute approximate surface area is 84.4 Å². The van der Waals surface area contributed by atoms with Gasteiger partial charge in [0.15, 0.2) is 5.96 Å². The number of furan rings is 1. The molecule has 0 bridgehead atoms. The minimum absolute atomic E-state index is 0.543. The largest absolute Gasteiger partial charge is 0.464 e. The molecule has 1 aromatic rings. The van der Waals surface area contributed by atoms with Crippen molar-refractivity contribution in [2.75, 3.05) is 13.6 Å². The van der Waals surface area contributed by atoms with Crippen LogP contribution in [0.1, 0.15) is 18.4 Å². The van der Waals surface area contributed by atoms with Crippen molar-refractivity contribution in [3.63, 3.8) is 0 Å². The minimum atomic E-state index is 0.543. The number of nitrogens with zero attached hydrogens (tertiary/aromatic N) is 2. The fourth-order valence-corrected chi connectivity index (χ4v) is 1.17. The minimum Gasteiger partial charge on any atom is -0.464 e. The Morgan fingerprint density at radius 1 is 1.57 bits per heavy atom. The lowest BCUT2D eigenvalue weighted by molar-refractivity contribution is 0.397. The van der Waals surface area contributed by atoms with E-state index < -0.39 is 0 Å². The van der Waals surface area contributed by atoms with Gasteiger partial charge in [-0.1, -0.05) is 0 Å². The lowest BCUT2D eigenvalue weighted by atomic mass is 10.4. The van der Waals surface area contributed by atoms with Gasteiger partial charge in [-0.3, -0.25) is 4.99 Å². The van der Waals surface area contributed by atoms with Crippen molar-refractivity contribution < 1.29 is 4.42 Å². The molecule has 0 saturated heterocycles. The summed E-state index contributed by atoms with van der Waals surface area (Å²) in [6.45, 7) is 5.24. The van der Waals surface area contributed by atoms with Crippen LogP contribution in [0.2, 0.25) is 0 Å². The Morgan fingerprint density at radius 3 is 2.79 bits per heavy atom. The summed E-state index contributed by atoms with van der Waals surface area (Å²) in [5, 5.41) is 0. The topological polar surface area (TPSA) is 54.8 Å². The molecule has 0 saturated carbocycles. The summed E-state index contributed by atoms with van der Waals surface area (Å²) in [6, 6.07) is 3.89. The van der Waals surface area contributed by atoms with E-state index in [1.807, 2.05) is 37.9 Å². The maximum absolute atomic E-state index is 5.72. The van der Waals surface area contributed by atoms with E-state index in [9.17, 15) is 0 Å². The molecule has 0 aliphatic carbocycles. The molecule has 0 radical (unpaired) electrons. The molecule has 1 heterocycles. The molecule has 0 atom stereocenters. The van der Waals surface area contributed by atoms with Crippen LogP contribution >= 0.6 is 0 Å². The van der Waals surface area contributed by atoms with Crippen LogP contribution in [0.5, 0.6) is 0 Å². The van der Waals surface area contributed by atoms with Crippen LogP contribution in [0.25, 0.3) is 0 Å². The fourth-order valence-electron chi connectivity index (χ4n) is 1.17. The van der Waals surface area contributed by atoms with Crippen molar-refractivity contribution in [2.24, 2.45) is 10.7 Å². The molecule has 1 rings (SSSR count). The first kappa shape index (κ1) is 10.6. The van der Waals surface area contributed by atoms with Gasteiger partial charge in [0.05, 0.1) is 6.54 Å². The number of guanidine groups is 1. The van der Waals surface area contributed by atoms with Crippen molar-refractivity contribution in [1.29, 1.82) is 0 Å². The molecule has 14 heavy (non-hydrogen) atoms. The number of hydrogen-bond acceptors (Lipinski definition) is 2. The number of nitrogens with two attached hydrogens (primary N) is 1. The van der Waals surface area contributed by atoms with E-state index in [4.69, 9.17) is 10.2 Å². The van der Waals surface area contributed by atoms with Crippen LogP contribution in [0, 0.1) is 6.92 Å². The maximum atomic E-state index is 5.72. The second-order valence-electron chi connectivity index (χ2n) is 3.20. The highest BCUT2D eigenvalue weighted by Crippen LogP contribution is 2.08. The average Bonchev–Trinajstić information content (AvgIpc) is 2.51. The summed E-state index contributed by atoms with van der Waals surface area (Å²) in [7, 11) is 1.90. The van der Waals surface area contributed by atoms with Gasteiger partial charge in [-0.15, -0.1) is 0 Å². The van der Waals surface area contributed by atoms with Crippen LogP contribution in [0.3, 0.4) is 0 Å². The van der Waals surface area contributed by atoms with Gasteiger partial charge >= 0.3 is 0 Å². The molecule has 4 nitrogen and oxygen atoms in total. The van der Waals surface area contributed by atoms with Crippen LogP contribution in [-0.4, -0.2) is 24.5 Å². The lowest BCUT2D eigenvalue weighted by Gasteiger charge is -2.15. The summed E-state index contributed by atoms with van der Waals surface area (Å²) in [5.41, 5.74) is 5.72. The predicted octanol–water partition coefficient (Wildman–Crippen LogP) is 1.35. The Balaban J connectivity index is 2.56. The van der Waals surface area contributed by atoms with E-state index in [0.717, 1.165) is 11.5 Å². The predicted molar refractivity (Wildman–Crippen MR) is 57.1 cm³/mol. The van der Waals surface area contributed by atoms with Crippen molar-refractivity contribution in [1.82, 2.24) is 4.90 Å². The molecule has 1 aromatic heterocycles. The van der Waals surface area contributed by atoms with E-state index in [1.165, 1.54) is 0 Å². The summed E-state index contributed by atoms with van der Waals surface area (Å²) < 4.78 is 5.43. The van der Waals surface area contributed by atoms with Crippen molar-refractivity contribution in [2.45, 2.75) is 20.4 Å². The third-order valence-electron chi connectivity index (χ3n) is 1.90. The second-order valence-corrected chi connectivity index (χ2v) is 3.20. The molecule has 0 aromatic carbocycles. The normalized spacial score (nSPS) is 11.8. The summed E-state index contributed by atoms with van der Waals surface area (Å²) >= 11 is 0. The standard InChI is InChI=1S/C10H17N3O/c1-4-12-10(11)13(3)7-9-6-5-8(2)14-9/h5-6H,4,7H2,1-3H3,(H2,11,12). The Hall–Kier alpha value is -1.45. The average molecular weight is 195 g/mol. The summed E-state index contributed by atoms with van der Waals surface area (Å²) in [5.74, 6) is 2.36. The Bertz CT molecular complexity index is 317. The van der Waals surface area contributed by atoms with E-state index in [-0.39, 0.29) is 0 Å². The zero-order chi connectivity index (χ0) is 10.6. The first-order valence-corrected chi connectivity index (χ1v) is 4.70. The van der Waals surface area contributed by atoms with Gasteiger partial charge in [-0.2, -0.15) is 0 Å². The molecule has 78 valence electrons. The van der Waals surface area contributed by atoms with Crippen molar-refractivity contribution >= 4 is 5.96 Å². The van der Waals surface area contributed by atoms with Gasteiger partial charge in [0, 0.05) is 13.6 Å². The quantitative estimate of drug-likeness (QED) is 0.585. The van der Waals surface area contributed by atoms with Crippen molar-refractivity contribution in [3.8, 4) is 0 Å². The third kappa shape index (κ3) is 2.80. The van der Waals surface area contributed by atoms with Gasteiger partial charge in [0.2, 0.25) is 0 Å². The number of rotatable bonds is 3. The monoisotopic (exact) mass is 195 g/mol. The highest BCUT2D eigenvalue weighted by molar-refractivity contribution is 5.77. The molecular weight excluding hydrogens is 178 g/mol. The first-order chi connectivity index (χ1) is 6.63. The van der Waals surface area contributed by atoms with Crippen LogP contribution in [0.15, 0.2) is 21.5 Å². The van der Waals surface area contributed by atoms with E-state index in [1.54, 1.807) is 0 Å². The lowest BCUT2D eigenvalue weighted by Crippen LogP contribution is -2.33. The molecule has 0 unspecified atom stereocenters. The van der Waals surface area contributed by atoms with Crippen LogP contribution < -0.4 is 5.73 Å². The number of aryl methyl sites for hydroxylation is 1. The molecule has 0 amide bonds. The summed E-state index contributed by atoms with van der Waals surface area (Å²) in [6.07, 6.45) is 0. The Kier molecular flexibility index (Phi) is 3.56. The van der Waals surface area contributed by atoms with Gasteiger partial charge in [0.1, 0.15) is 11.5 Å². The molecule has 0 spiro atoms. The fraction of sp³-hybridized carbons (Fsp3) is 0.500. The highest BCUT2D eigenvalue weighted by Gasteiger charge is 2.05. The first-order valence-electron chi connectivity index (χ1n) is 4.70. The summed E-state index contributed by atoms with van der Waals surface area (Å²) in [4.78, 5) is 5.97. The van der Waals surface area contributed by atoms with Gasteiger partial charge in [0.25, 0.3) is 0 Å². The van der Waals surface area contributed by atoms with Gasteiger partial charge in [-0.25, -0.2) is 0 Å². The molecule has 0 fully saturated rings. The number of hydrogen-bond donors (Lipinski definition) is 1. The van der Waals surface area contributed by atoms with Crippen molar-refractivity contribution in [3.05, 3.63) is 23.7 Å². The molecular formula is C10H17N3O. The zero-order valence-corrected chi connectivity index (χ0v) is 8.95. The highest BCUT2D eigenvalue weighted by atomic mass is 16.3. The smallest absolute Gasteiger partial charge is 0.191 e. The maximum Gasteiger partial charge on any atom is 0.191 e. The van der Waals surface area contributed by atoms with Crippen LogP contribution in [-0.2, 0) is 6.54 Å². The SMILES string of the molecule is CCN=C(N)N(C)Cc1ccc(C)o1. The van der Waals surface area contributed by atoms with E-state index in [0.29, 0.717) is 19.0 Å². The molecule has 2 N–H and O–H groups in total. The number of aliphatic imine (C=N–C) groups is 1. The Morgan fingerprint density at radius 2 is 2.29 bits per heavy atom. The molecule has 0 aliphatic rings. The third-order valence-corrected chi connectivity index (χ3v) is 1.90. The van der Waals surface area contributed by atoms with Gasteiger partial charge in [-0.05, 0) is 26.0 Å². The second kappa shape index (κ2) is 4.69. The van der Waals surface area contributed by atoms with E-state index >= 15 is 0 Å². The molecule has 0 aliphatic heterocycles. The zero-order valence-electron chi connectivity index (χ0n) is 8.95.